The van der Waals surface area contributed by atoms with Crippen molar-refractivity contribution in [2.45, 2.75) is 25.8 Å². The van der Waals surface area contributed by atoms with E-state index in [4.69, 9.17) is 17.2 Å². The molecule has 0 saturated carbocycles. The van der Waals surface area contributed by atoms with E-state index in [1.54, 1.807) is 26.0 Å². The molecular weight excluding hydrogens is 232 g/mol. The zero-order valence-electron chi connectivity index (χ0n) is 10.5. The minimum atomic E-state index is -0.584. The molecule has 0 heterocycles. The van der Waals surface area contributed by atoms with Gasteiger partial charge < -0.3 is 22.5 Å². The smallest absolute Gasteiger partial charge is 0.250 e. The lowest BCUT2D eigenvalue weighted by Crippen LogP contribution is -2.36. The van der Waals surface area contributed by atoms with Crippen LogP contribution in [0, 0.1) is 0 Å². The van der Waals surface area contributed by atoms with Crippen LogP contribution in [0.15, 0.2) is 18.2 Å². The Bertz CT molecular complexity index is 483. The highest BCUT2D eigenvalue weighted by molar-refractivity contribution is 5.99. The van der Waals surface area contributed by atoms with E-state index in [1.807, 2.05) is 0 Å². The standard InChI is InChI=1S/C12H18N4O2/c1-12(2,6-10(14)17)16-9-4-3-7(13)5-8(9)11(15)18/h3-5,16H,6,13H2,1-2H3,(H2,14,17)(H2,15,18). The van der Waals surface area contributed by atoms with E-state index in [1.165, 1.54) is 6.07 Å². The van der Waals surface area contributed by atoms with Crippen LogP contribution in [0.1, 0.15) is 30.6 Å². The van der Waals surface area contributed by atoms with Crippen molar-refractivity contribution < 1.29 is 9.59 Å². The monoisotopic (exact) mass is 250 g/mol. The first-order chi connectivity index (χ1) is 8.21. The Kier molecular flexibility index (Phi) is 3.80. The Morgan fingerprint density at radius 1 is 1.28 bits per heavy atom. The molecule has 0 radical (unpaired) electrons. The number of nitrogens with one attached hydrogen (secondary N) is 1. The van der Waals surface area contributed by atoms with Gasteiger partial charge in [-0.25, -0.2) is 0 Å². The first kappa shape index (κ1) is 13.8. The number of hydrogen-bond donors (Lipinski definition) is 4. The van der Waals surface area contributed by atoms with Gasteiger partial charge in [-0.1, -0.05) is 0 Å². The summed E-state index contributed by atoms with van der Waals surface area (Å²) in [7, 11) is 0. The van der Waals surface area contributed by atoms with Gasteiger partial charge in [-0.15, -0.1) is 0 Å². The van der Waals surface area contributed by atoms with Crippen LogP contribution in [-0.2, 0) is 4.79 Å². The summed E-state index contributed by atoms with van der Waals surface area (Å²) in [6.45, 7) is 3.61. The average Bonchev–Trinajstić information content (AvgIpc) is 2.18. The number of anilines is 2. The van der Waals surface area contributed by atoms with Crippen LogP contribution >= 0.6 is 0 Å². The molecule has 1 aromatic rings. The summed E-state index contributed by atoms with van der Waals surface area (Å²) >= 11 is 0. The SMILES string of the molecule is CC(C)(CC(N)=O)Nc1ccc(N)cc1C(N)=O. The van der Waals surface area contributed by atoms with Gasteiger partial charge in [0.15, 0.2) is 0 Å². The largest absolute Gasteiger partial charge is 0.399 e. The number of carbonyl (C=O) groups is 2. The molecule has 0 bridgehead atoms. The Morgan fingerprint density at radius 3 is 2.39 bits per heavy atom. The number of primary amides is 2. The maximum atomic E-state index is 11.3. The van der Waals surface area contributed by atoms with E-state index in [0.29, 0.717) is 11.4 Å². The first-order valence-electron chi connectivity index (χ1n) is 5.47. The average molecular weight is 250 g/mol. The number of nitrogens with two attached hydrogens (primary N) is 3. The first-order valence-corrected chi connectivity index (χ1v) is 5.47. The molecule has 0 fully saturated rings. The number of benzene rings is 1. The van der Waals surface area contributed by atoms with E-state index in [2.05, 4.69) is 5.32 Å². The molecule has 0 aliphatic heterocycles. The van der Waals surface area contributed by atoms with E-state index < -0.39 is 17.4 Å². The topological polar surface area (TPSA) is 124 Å². The molecule has 0 aliphatic carbocycles. The normalized spacial score (nSPS) is 11.0. The lowest BCUT2D eigenvalue weighted by molar-refractivity contribution is -0.118. The molecule has 6 heteroatoms. The van der Waals surface area contributed by atoms with Crippen LogP contribution in [-0.4, -0.2) is 17.4 Å². The summed E-state index contributed by atoms with van der Waals surface area (Å²) in [5, 5.41) is 3.07. The maximum Gasteiger partial charge on any atom is 0.250 e. The summed E-state index contributed by atoms with van der Waals surface area (Å²) in [6.07, 6.45) is 0.135. The van der Waals surface area contributed by atoms with Crippen LogP contribution < -0.4 is 22.5 Å². The van der Waals surface area contributed by atoms with E-state index in [-0.39, 0.29) is 12.0 Å². The lowest BCUT2D eigenvalue weighted by Gasteiger charge is -2.27. The van der Waals surface area contributed by atoms with Crippen LogP contribution in [0.25, 0.3) is 0 Å². The number of nitrogen functional groups attached to an aromatic ring is 1. The molecule has 0 spiro atoms. The highest BCUT2D eigenvalue weighted by Gasteiger charge is 2.22. The predicted molar refractivity (Wildman–Crippen MR) is 70.9 cm³/mol. The summed E-state index contributed by atoms with van der Waals surface area (Å²) < 4.78 is 0. The van der Waals surface area contributed by atoms with Gasteiger partial charge in [-0.2, -0.15) is 0 Å². The fraction of sp³-hybridized carbons (Fsp3) is 0.333. The number of amides is 2. The molecular formula is C12H18N4O2. The molecule has 98 valence electrons. The Hall–Kier alpha value is -2.24. The second kappa shape index (κ2) is 4.95. The predicted octanol–water partition coefficient (Wildman–Crippen LogP) is 0.434. The molecule has 0 atom stereocenters. The zero-order valence-corrected chi connectivity index (χ0v) is 10.5. The third kappa shape index (κ3) is 3.65. The Morgan fingerprint density at radius 2 is 1.89 bits per heavy atom. The van der Waals surface area contributed by atoms with Gasteiger partial charge in [0.1, 0.15) is 0 Å². The summed E-state index contributed by atoms with van der Waals surface area (Å²) in [6, 6.07) is 4.79. The molecule has 7 N–H and O–H groups in total. The van der Waals surface area contributed by atoms with Crippen LogP contribution in [0.5, 0.6) is 0 Å². The van der Waals surface area contributed by atoms with Crippen molar-refractivity contribution in [3.8, 4) is 0 Å². The summed E-state index contributed by atoms with van der Waals surface area (Å²) in [5.41, 5.74) is 16.7. The molecule has 0 saturated heterocycles. The summed E-state index contributed by atoms with van der Waals surface area (Å²) in [4.78, 5) is 22.3. The van der Waals surface area contributed by atoms with Gasteiger partial charge >= 0.3 is 0 Å². The molecule has 1 rings (SSSR count). The fourth-order valence-corrected chi connectivity index (χ4v) is 1.72. The lowest BCUT2D eigenvalue weighted by atomic mass is 9.98. The molecule has 2 amide bonds. The van der Waals surface area contributed by atoms with Gasteiger partial charge in [0.25, 0.3) is 5.91 Å². The van der Waals surface area contributed by atoms with Crippen molar-refractivity contribution in [1.82, 2.24) is 0 Å². The van der Waals surface area contributed by atoms with Gasteiger partial charge in [-0.05, 0) is 32.0 Å². The minimum Gasteiger partial charge on any atom is -0.399 e. The van der Waals surface area contributed by atoms with E-state index in [9.17, 15) is 9.59 Å². The van der Waals surface area contributed by atoms with Crippen molar-refractivity contribution in [3.05, 3.63) is 23.8 Å². The number of rotatable bonds is 5. The van der Waals surface area contributed by atoms with Crippen LogP contribution in [0.4, 0.5) is 11.4 Å². The quantitative estimate of drug-likeness (QED) is 0.566. The van der Waals surface area contributed by atoms with Crippen molar-refractivity contribution in [2.24, 2.45) is 11.5 Å². The third-order valence-electron chi connectivity index (χ3n) is 2.40. The molecule has 18 heavy (non-hydrogen) atoms. The van der Waals surface area contributed by atoms with Crippen molar-refractivity contribution >= 4 is 23.2 Å². The maximum absolute atomic E-state index is 11.3. The number of hydrogen-bond acceptors (Lipinski definition) is 4. The molecule has 1 aromatic carbocycles. The number of carbonyl (C=O) groups excluding carboxylic acids is 2. The van der Waals surface area contributed by atoms with Gasteiger partial charge in [0, 0.05) is 23.3 Å². The fourth-order valence-electron chi connectivity index (χ4n) is 1.72. The van der Waals surface area contributed by atoms with Crippen LogP contribution in [0.3, 0.4) is 0 Å². The van der Waals surface area contributed by atoms with Gasteiger partial charge in [-0.3, -0.25) is 9.59 Å². The molecule has 0 unspecified atom stereocenters. The third-order valence-corrected chi connectivity index (χ3v) is 2.40. The van der Waals surface area contributed by atoms with Gasteiger partial charge in [0.2, 0.25) is 5.91 Å². The second-order valence-corrected chi connectivity index (χ2v) is 4.82. The van der Waals surface area contributed by atoms with Crippen molar-refractivity contribution in [1.29, 1.82) is 0 Å². The van der Waals surface area contributed by atoms with E-state index in [0.717, 1.165) is 0 Å². The Labute approximate surface area is 106 Å². The highest BCUT2D eigenvalue weighted by Crippen LogP contribution is 2.23. The van der Waals surface area contributed by atoms with E-state index >= 15 is 0 Å². The molecule has 6 nitrogen and oxygen atoms in total. The zero-order chi connectivity index (χ0) is 13.9. The molecule has 0 aromatic heterocycles. The van der Waals surface area contributed by atoms with Gasteiger partial charge in [0.05, 0.1) is 5.56 Å². The molecule has 0 aliphatic rings. The van der Waals surface area contributed by atoms with Crippen LogP contribution in [0.2, 0.25) is 0 Å². The Balaban J connectivity index is 3.03. The highest BCUT2D eigenvalue weighted by atomic mass is 16.1. The van der Waals surface area contributed by atoms with Crippen molar-refractivity contribution in [2.75, 3.05) is 11.1 Å². The van der Waals surface area contributed by atoms with Crippen molar-refractivity contribution in [3.63, 3.8) is 0 Å². The minimum absolute atomic E-state index is 0.135. The second-order valence-electron chi connectivity index (χ2n) is 4.82. The summed E-state index contributed by atoms with van der Waals surface area (Å²) in [5.74, 6) is -1.01.